The largest absolute Gasteiger partial charge is 0.395 e. The molecule has 1 aromatic heterocycles. The van der Waals surface area contributed by atoms with Crippen LogP contribution >= 0.6 is 0 Å². The molecule has 8 heteroatoms. The van der Waals surface area contributed by atoms with E-state index in [1.54, 1.807) is 0 Å². The second-order valence-corrected chi connectivity index (χ2v) is 4.14. The van der Waals surface area contributed by atoms with Crippen LogP contribution in [0.15, 0.2) is 10.9 Å². The zero-order valence-electron chi connectivity index (χ0n) is 6.67. The van der Waals surface area contributed by atoms with Crippen LogP contribution in [-0.2, 0) is 16.6 Å². The lowest BCUT2D eigenvalue weighted by atomic mass is 10.6. The van der Waals surface area contributed by atoms with Crippen molar-refractivity contribution in [3.63, 3.8) is 0 Å². The number of nitrogens with zero attached hydrogens (tertiary/aromatic N) is 2. The van der Waals surface area contributed by atoms with Gasteiger partial charge in [0.2, 0.25) is 16.4 Å². The van der Waals surface area contributed by atoms with Crippen molar-refractivity contribution in [3.05, 3.63) is 12.2 Å². The zero-order valence-corrected chi connectivity index (χ0v) is 7.49. The molecule has 1 rings (SSSR count). The Labute approximate surface area is 74.8 Å². The summed E-state index contributed by atoms with van der Waals surface area (Å²) >= 11 is 0. The highest BCUT2D eigenvalue weighted by molar-refractivity contribution is 7.89. The van der Waals surface area contributed by atoms with Crippen molar-refractivity contribution in [1.29, 1.82) is 0 Å². The van der Waals surface area contributed by atoms with Gasteiger partial charge in [-0.2, -0.15) is 4.98 Å². The van der Waals surface area contributed by atoms with Gasteiger partial charge in [-0.15, -0.1) is 0 Å². The fourth-order valence-corrected chi connectivity index (χ4v) is 1.37. The minimum atomic E-state index is -3.43. The van der Waals surface area contributed by atoms with Gasteiger partial charge in [-0.25, -0.2) is 13.1 Å². The first-order valence-corrected chi connectivity index (χ1v) is 5.13. The molecule has 0 saturated heterocycles. The third-order valence-electron chi connectivity index (χ3n) is 1.22. The van der Waals surface area contributed by atoms with E-state index in [2.05, 4.69) is 19.4 Å². The van der Waals surface area contributed by atoms with Gasteiger partial charge in [-0.3, -0.25) is 0 Å². The van der Waals surface area contributed by atoms with Crippen molar-refractivity contribution in [2.75, 3.05) is 12.4 Å². The maximum absolute atomic E-state index is 11.0. The maximum atomic E-state index is 11.0. The summed E-state index contributed by atoms with van der Waals surface area (Å²) in [6.45, 7) is -0.444. The van der Waals surface area contributed by atoms with Gasteiger partial charge in [0.25, 0.3) is 0 Å². The van der Waals surface area contributed by atoms with E-state index < -0.39 is 16.6 Å². The van der Waals surface area contributed by atoms with Gasteiger partial charge < -0.3 is 9.63 Å². The Bertz CT molecular complexity index is 333. The molecule has 74 valence electrons. The molecule has 0 unspecified atom stereocenters. The van der Waals surface area contributed by atoms with Crippen LogP contribution in [0.25, 0.3) is 0 Å². The fraction of sp³-hybridized carbons (Fsp3) is 0.600. The summed E-state index contributed by atoms with van der Waals surface area (Å²) < 4.78 is 28.5. The summed E-state index contributed by atoms with van der Waals surface area (Å²) in [7, 11) is -3.43. The molecule has 0 aliphatic carbocycles. The standard InChI is InChI=1S/C5H9N3O4S/c9-1-2-13(10,11)7-3-5-6-4-12-8-5/h4,7,9H,1-3H2. The molecule has 0 aliphatic rings. The minimum absolute atomic E-state index is 0.0289. The molecule has 0 atom stereocenters. The number of sulfonamides is 1. The van der Waals surface area contributed by atoms with Gasteiger partial charge >= 0.3 is 0 Å². The fourth-order valence-electron chi connectivity index (χ4n) is 0.637. The highest BCUT2D eigenvalue weighted by atomic mass is 32.2. The molecule has 0 bridgehead atoms. The molecule has 13 heavy (non-hydrogen) atoms. The van der Waals surface area contributed by atoms with Crippen LogP contribution in [0.4, 0.5) is 0 Å². The minimum Gasteiger partial charge on any atom is -0.395 e. The number of rotatable bonds is 5. The van der Waals surface area contributed by atoms with Gasteiger partial charge in [-0.05, 0) is 0 Å². The van der Waals surface area contributed by atoms with Crippen LogP contribution in [0, 0.1) is 0 Å². The lowest BCUT2D eigenvalue weighted by Gasteiger charge is -2.00. The van der Waals surface area contributed by atoms with E-state index >= 15 is 0 Å². The van der Waals surface area contributed by atoms with Gasteiger partial charge in [0.1, 0.15) is 0 Å². The molecule has 0 aromatic carbocycles. The lowest BCUT2D eigenvalue weighted by Crippen LogP contribution is -2.27. The monoisotopic (exact) mass is 207 g/mol. The maximum Gasteiger partial charge on any atom is 0.214 e. The molecule has 1 heterocycles. The van der Waals surface area contributed by atoms with Crippen molar-refractivity contribution in [1.82, 2.24) is 14.9 Å². The van der Waals surface area contributed by atoms with E-state index in [9.17, 15) is 8.42 Å². The average Bonchev–Trinajstić information content (AvgIpc) is 2.52. The molecule has 0 radical (unpaired) electrons. The summed E-state index contributed by atoms with van der Waals surface area (Å²) in [5.74, 6) is -0.0771. The zero-order chi connectivity index (χ0) is 9.73. The van der Waals surface area contributed by atoms with Gasteiger partial charge in [0, 0.05) is 0 Å². The highest BCUT2D eigenvalue weighted by Crippen LogP contribution is 1.90. The first-order chi connectivity index (χ1) is 6.14. The molecule has 1 aromatic rings. The quantitative estimate of drug-likeness (QED) is 0.607. The Balaban J connectivity index is 2.43. The van der Waals surface area contributed by atoms with Gasteiger partial charge in [0.15, 0.2) is 5.82 Å². The smallest absolute Gasteiger partial charge is 0.214 e. The average molecular weight is 207 g/mol. The van der Waals surface area contributed by atoms with Crippen molar-refractivity contribution in [2.24, 2.45) is 0 Å². The predicted octanol–water partition coefficient (Wildman–Crippen LogP) is -1.52. The number of aliphatic hydroxyl groups is 1. The van der Waals surface area contributed by atoms with E-state index in [1.807, 2.05) is 0 Å². The Kier molecular flexibility index (Phi) is 3.34. The predicted molar refractivity (Wildman–Crippen MR) is 42.0 cm³/mol. The third kappa shape index (κ3) is 3.49. The van der Waals surface area contributed by atoms with Crippen LogP contribution in [0.5, 0.6) is 0 Å². The molecule has 0 spiro atoms. The molecule has 0 saturated carbocycles. The molecule has 0 fully saturated rings. The van der Waals surface area contributed by atoms with Gasteiger partial charge in [-0.1, -0.05) is 5.16 Å². The van der Waals surface area contributed by atoms with Crippen LogP contribution in [0.1, 0.15) is 5.82 Å². The Morgan fingerprint density at radius 1 is 1.62 bits per heavy atom. The van der Waals surface area contributed by atoms with E-state index in [1.165, 1.54) is 0 Å². The van der Waals surface area contributed by atoms with Crippen LogP contribution in [0.2, 0.25) is 0 Å². The SMILES string of the molecule is O=S(=O)(CCO)NCc1ncon1. The summed E-state index contributed by atoms with van der Waals surface area (Å²) in [4.78, 5) is 3.61. The summed E-state index contributed by atoms with van der Waals surface area (Å²) in [6, 6.07) is 0. The lowest BCUT2D eigenvalue weighted by molar-refractivity contribution is 0.319. The van der Waals surface area contributed by atoms with Crippen molar-refractivity contribution in [2.45, 2.75) is 6.54 Å². The van der Waals surface area contributed by atoms with Crippen LogP contribution in [-0.4, -0.2) is 36.0 Å². The number of nitrogens with one attached hydrogen (secondary N) is 1. The summed E-state index contributed by atoms with van der Waals surface area (Å²) in [6.07, 6.45) is 1.11. The Morgan fingerprint density at radius 2 is 2.38 bits per heavy atom. The third-order valence-corrected chi connectivity index (χ3v) is 2.52. The van der Waals surface area contributed by atoms with Crippen molar-refractivity contribution in [3.8, 4) is 0 Å². The number of hydrogen-bond donors (Lipinski definition) is 2. The second-order valence-electron chi connectivity index (χ2n) is 2.21. The van der Waals surface area contributed by atoms with Gasteiger partial charge in [0.05, 0.1) is 18.9 Å². The summed E-state index contributed by atoms with van der Waals surface area (Å²) in [5, 5.41) is 11.8. The number of aliphatic hydroxyl groups excluding tert-OH is 1. The first-order valence-electron chi connectivity index (χ1n) is 3.47. The molecular weight excluding hydrogens is 198 g/mol. The highest BCUT2D eigenvalue weighted by Gasteiger charge is 2.09. The second kappa shape index (κ2) is 4.30. The normalized spacial score (nSPS) is 11.8. The van der Waals surface area contributed by atoms with Crippen molar-refractivity contribution < 1.29 is 18.0 Å². The number of aromatic nitrogens is 2. The molecule has 0 amide bonds. The van der Waals surface area contributed by atoms with E-state index in [0.29, 0.717) is 0 Å². The first kappa shape index (κ1) is 10.1. The molecular formula is C5H9N3O4S. The van der Waals surface area contributed by atoms with E-state index in [4.69, 9.17) is 5.11 Å². The topological polar surface area (TPSA) is 105 Å². The van der Waals surface area contributed by atoms with E-state index in [-0.39, 0.29) is 18.1 Å². The Morgan fingerprint density at radius 3 is 2.92 bits per heavy atom. The molecule has 2 N–H and O–H groups in total. The van der Waals surface area contributed by atoms with Crippen LogP contribution < -0.4 is 4.72 Å². The summed E-state index contributed by atoms with van der Waals surface area (Å²) in [5.41, 5.74) is 0. The number of hydrogen-bond acceptors (Lipinski definition) is 6. The Hall–Kier alpha value is -0.990. The van der Waals surface area contributed by atoms with E-state index in [0.717, 1.165) is 6.39 Å². The van der Waals surface area contributed by atoms with Crippen LogP contribution in [0.3, 0.4) is 0 Å². The molecule has 0 aliphatic heterocycles. The molecule has 7 nitrogen and oxygen atoms in total. The van der Waals surface area contributed by atoms with Crippen molar-refractivity contribution >= 4 is 10.0 Å².